The maximum atomic E-state index is 12.6. The lowest BCUT2D eigenvalue weighted by atomic mass is 10.0. The normalized spacial score (nSPS) is 14.4. The first kappa shape index (κ1) is 20.4. The van der Waals surface area contributed by atoms with Crippen LogP contribution in [0.15, 0.2) is 42.5 Å². The third kappa shape index (κ3) is 4.22. The highest BCUT2D eigenvalue weighted by atomic mass is 32.2. The Morgan fingerprint density at radius 3 is 2.39 bits per heavy atom. The molecule has 2 aromatic carbocycles. The van der Waals surface area contributed by atoms with E-state index >= 15 is 0 Å². The summed E-state index contributed by atoms with van der Waals surface area (Å²) in [5.41, 5.74) is 5.01. The molecule has 0 unspecified atom stereocenters. The topological polar surface area (TPSA) is 66.5 Å². The van der Waals surface area contributed by atoms with E-state index in [4.69, 9.17) is 0 Å². The Bertz CT molecular complexity index is 952. The highest BCUT2D eigenvalue weighted by Gasteiger charge is 2.20. The first-order valence-corrected chi connectivity index (χ1v) is 11.5. The van der Waals surface area contributed by atoms with Crippen LogP contribution in [0.2, 0.25) is 0 Å². The monoisotopic (exact) mass is 400 g/mol. The molecule has 3 rings (SSSR count). The highest BCUT2D eigenvalue weighted by Crippen LogP contribution is 2.26. The van der Waals surface area contributed by atoms with Crippen molar-refractivity contribution in [3.05, 3.63) is 64.7 Å². The smallest absolute Gasteiger partial charge is 0.251 e. The highest BCUT2D eigenvalue weighted by molar-refractivity contribution is 7.92. The molecule has 5 nitrogen and oxygen atoms in total. The average Bonchev–Trinajstić information content (AvgIpc) is 3.16. The van der Waals surface area contributed by atoms with Crippen LogP contribution in [0.5, 0.6) is 0 Å². The van der Waals surface area contributed by atoms with Gasteiger partial charge in [0.2, 0.25) is 10.0 Å². The molecule has 1 amide bonds. The zero-order valence-electron chi connectivity index (χ0n) is 16.7. The molecule has 0 saturated carbocycles. The molecule has 1 aliphatic rings. The summed E-state index contributed by atoms with van der Waals surface area (Å²) in [7, 11) is -3.32. The van der Waals surface area contributed by atoms with Crippen LogP contribution in [0.4, 0.5) is 5.69 Å². The van der Waals surface area contributed by atoms with Crippen LogP contribution >= 0.6 is 0 Å². The van der Waals surface area contributed by atoms with Crippen molar-refractivity contribution in [2.45, 2.75) is 46.1 Å². The van der Waals surface area contributed by atoms with Crippen molar-refractivity contribution in [3.63, 3.8) is 0 Å². The van der Waals surface area contributed by atoms with E-state index in [0.29, 0.717) is 17.8 Å². The van der Waals surface area contributed by atoms with E-state index in [-0.39, 0.29) is 17.7 Å². The molecule has 150 valence electrons. The number of aryl methyl sites for hydroxylation is 2. The van der Waals surface area contributed by atoms with Crippen LogP contribution in [0.25, 0.3) is 0 Å². The van der Waals surface area contributed by atoms with Gasteiger partial charge in [0.1, 0.15) is 0 Å². The molecule has 0 radical (unpaired) electrons. The fourth-order valence-electron chi connectivity index (χ4n) is 3.70. The van der Waals surface area contributed by atoms with Crippen LogP contribution in [0, 0.1) is 0 Å². The van der Waals surface area contributed by atoms with E-state index < -0.39 is 10.0 Å². The first-order chi connectivity index (χ1) is 13.4. The van der Waals surface area contributed by atoms with Gasteiger partial charge in [-0.05, 0) is 81.0 Å². The second-order valence-electron chi connectivity index (χ2n) is 7.19. The van der Waals surface area contributed by atoms with E-state index in [1.807, 2.05) is 6.92 Å². The van der Waals surface area contributed by atoms with Gasteiger partial charge in [-0.1, -0.05) is 18.2 Å². The summed E-state index contributed by atoms with van der Waals surface area (Å²) in [4.78, 5) is 12.6. The number of hydrogen-bond acceptors (Lipinski definition) is 3. The van der Waals surface area contributed by atoms with Gasteiger partial charge in [-0.2, -0.15) is 0 Å². The number of nitrogens with one attached hydrogen (secondary N) is 1. The van der Waals surface area contributed by atoms with Crippen LogP contribution in [0.3, 0.4) is 0 Å². The Morgan fingerprint density at radius 1 is 1.07 bits per heavy atom. The Kier molecular flexibility index (Phi) is 6.08. The third-order valence-corrected chi connectivity index (χ3v) is 7.25. The molecule has 0 fully saturated rings. The summed E-state index contributed by atoms with van der Waals surface area (Å²) in [6, 6.07) is 13.1. The van der Waals surface area contributed by atoms with Crippen molar-refractivity contribution in [1.29, 1.82) is 0 Å². The van der Waals surface area contributed by atoms with Crippen molar-refractivity contribution < 1.29 is 13.2 Å². The van der Waals surface area contributed by atoms with Crippen LogP contribution in [-0.4, -0.2) is 26.6 Å². The summed E-state index contributed by atoms with van der Waals surface area (Å²) >= 11 is 0. The number of carbonyl (C=O) groups excluding carboxylic acids is 1. The maximum Gasteiger partial charge on any atom is 0.251 e. The van der Waals surface area contributed by atoms with Crippen molar-refractivity contribution in [1.82, 2.24) is 5.32 Å². The molecule has 0 aliphatic heterocycles. The minimum absolute atomic E-state index is 0.0430. The van der Waals surface area contributed by atoms with Gasteiger partial charge in [-0.15, -0.1) is 0 Å². The van der Waals surface area contributed by atoms with Crippen molar-refractivity contribution >= 4 is 21.6 Å². The van der Waals surface area contributed by atoms with Crippen LogP contribution in [-0.2, 0) is 22.9 Å². The lowest BCUT2D eigenvalue weighted by Crippen LogP contribution is -2.32. The van der Waals surface area contributed by atoms with Gasteiger partial charge in [0.15, 0.2) is 0 Å². The molecule has 6 heteroatoms. The molecule has 1 atom stereocenters. The molecule has 0 spiro atoms. The van der Waals surface area contributed by atoms with Gasteiger partial charge in [-0.25, -0.2) is 8.42 Å². The maximum absolute atomic E-state index is 12.6. The largest absolute Gasteiger partial charge is 0.346 e. The van der Waals surface area contributed by atoms with E-state index in [2.05, 4.69) is 23.5 Å². The minimum atomic E-state index is -3.32. The summed E-state index contributed by atoms with van der Waals surface area (Å²) < 4.78 is 25.7. The summed E-state index contributed by atoms with van der Waals surface area (Å²) in [5.74, 6) is -0.123. The molecule has 0 bridgehead atoms. The number of benzene rings is 2. The molecular weight excluding hydrogens is 372 g/mol. The number of fused-ring (bicyclic) bond motifs is 1. The zero-order chi connectivity index (χ0) is 20.3. The van der Waals surface area contributed by atoms with E-state index in [1.165, 1.54) is 21.9 Å². The van der Waals surface area contributed by atoms with E-state index in [9.17, 15) is 13.2 Å². The average molecular weight is 401 g/mol. The number of hydrogen-bond donors (Lipinski definition) is 1. The molecule has 0 heterocycles. The van der Waals surface area contributed by atoms with Crippen molar-refractivity contribution in [3.8, 4) is 0 Å². The number of nitrogens with zero attached hydrogens (tertiary/aromatic N) is 1. The number of anilines is 1. The van der Waals surface area contributed by atoms with Gasteiger partial charge in [0.05, 0.1) is 17.5 Å². The standard InChI is InChI=1S/C22H28N2O3S/c1-4-24(28(26,27)5-2)21-13-11-18(12-14-21)22(25)23-16(3)19-10-9-17-7-6-8-20(17)15-19/h9-16H,4-8H2,1-3H3,(H,23,25)/t16-/m0/s1. The SMILES string of the molecule is CCN(c1ccc(C(=O)N[C@@H](C)c2ccc3c(c2)CCC3)cc1)S(=O)(=O)CC. The Morgan fingerprint density at radius 2 is 1.75 bits per heavy atom. The summed E-state index contributed by atoms with van der Waals surface area (Å²) in [6.45, 7) is 5.76. The number of sulfonamides is 1. The molecule has 0 aromatic heterocycles. The number of carbonyl (C=O) groups is 1. The fourth-order valence-corrected chi connectivity index (χ4v) is 4.85. The van der Waals surface area contributed by atoms with E-state index in [0.717, 1.165) is 18.4 Å². The number of rotatable bonds is 7. The van der Waals surface area contributed by atoms with Gasteiger partial charge in [0.25, 0.3) is 5.91 Å². The van der Waals surface area contributed by atoms with Crippen LogP contribution < -0.4 is 9.62 Å². The predicted molar refractivity (Wildman–Crippen MR) is 113 cm³/mol. The molecule has 1 aliphatic carbocycles. The van der Waals surface area contributed by atoms with Crippen molar-refractivity contribution in [2.24, 2.45) is 0 Å². The zero-order valence-corrected chi connectivity index (χ0v) is 17.6. The fraction of sp³-hybridized carbons (Fsp3) is 0.409. The molecule has 0 saturated heterocycles. The Hall–Kier alpha value is -2.34. The molecular formula is C22H28N2O3S. The van der Waals surface area contributed by atoms with Gasteiger partial charge < -0.3 is 5.32 Å². The van der Waals surface area contributed by atoms with Crippen LogP contribution in [0.1, 0.15) is 60.3 Å². The summed E-state index contributed by atoms with van der Waals surface area (Å²) in [6.07, 6.45) is 3.46. The van der Waals surface area contributed by atoms with E-state index in [1.54, 1.807) is 38.1 Å². The van der Waals surface area contributed by atoms with Gasteiger partial charge in [0, 0.05) is 12.1 Å². The minimum Gasteiger partial charge on any atom is -0.346 e. The predicted octanol–water partition coefficient (Wildman–Crippen LogP) is 3.84. The number of amides is 1. The van der Waals surface area contributed by atoms with Gasteiger partial charge in [-0.3, -0.25) is 9.10 Å². The summed E-state index contributed by atoms with van der Waals surface area (Å²) in [5, 5.41) is 3.04. The lowest BCUT2D eigenvalue weighted by molar-refractivity contribution is 0.0940. The molecule has 28 heavy (non-hydrogen) atoms. The lowest BCUT2D eigenvalue weighted by Gasteiger charge is -2.22. The quantitative estimate of drug-likeness (QED) is 0.768. The third-order valence-electron chi connectivity index (χ3n) is 5.38. The van der Waals surface area contributed by atoms with Crippen molar-refractivity contribution in [2.75, 3.05) is 16.6 Å². The van der Waals surface area contributed by atoms with Gasteiger partial charge >= 0.3 is 0 Å². The first-order valence-electron chi connectivity index (χ1n) is 9.88. The molecule has 2 aromatic rings. The second kappa shape index (κ2) is 8.35. The Balaban J connectivity index is 1.71. The Labute approximate surface area is 167 Å². The molecule has 1 N–H and O–H groups in total. The second-order valence-corrected chi connectivity index (χ2v) is 9.37.